The number of rotatable bonds is 5. The van der Waals surface area contributed by atoms with E-state index in [0.717, 1.165) is 25.7 Å². The van der Waals surface area contributed by atoms with Crippen LogP contribution in [0.1, 0.15) is 44.6 Å². The van der Waals surface area contributed by atoms with Crippen molar-refractivity contribution in [3.8, 4) is 0 Å². The molecule has 0 bridgehead atoms. The fraction of sp³-hybridized carbons (Fsp3) is 0.611. The molecular weight excluding hydrogens is 260 g/mol. The topological polar surface area (TPSA) is 32.3 Å². The van der Waals surface area contributed by atoms with Gasteiger partial charge < -0.3 is 10.2 Å². The van der Waals surface area contributed by atoms with Gasteiger partial charge in [-0.05, 0) is 39.4 Å². The summed E-state index contributed by atoms with van der Waals surface area (Å²) in [6.07, 6.45) is 5.48. The van der Waals surface area contributed by atoms with Crippen LogP contribution in [0.4, 0.5) is 0 Å². The lowest BCUT2D eigenvalue weighted by molar-refractivity contribution is -0.128. The third-order valence-corrected chi connectivity index (χ3v) is 4.91. The summed E-state index contributed by atoms with van der Waals surface area (Å²) in [5, 5.41) is 3.19. The highest BCUT2D eigenvalue weighted by Gasteiger charge is 2.40. The molecule has 0 heterocycles. The summed E-state index contributed by atoms with van der Waals surface area (Å²) in [7, 11) is 4.09. The Bertz CT molecular complexity index is 450. The fourth-order valence-corrected chi connectivity index (χ4v) is 3.15. The van der Waals surface area contributed by atoms with Gasteiger partial charge in [0.2, 0.25) is 5.91 Å². The van der Waals surface area contributed by atoms with Gasteiger partial charge in [0.15, 0.2) is 0 Å². The van der Waals surface area contributed by atoms with E-state index in [1.807, 2.05) is 32.3 Å². The van der Waals surface area contributed by atoms with Crippen molar-refractivity contribution in [3.05, 3.63) is 35.9 Å². The van der Waals surface area contributed by atoms with Crippen LogP contribution in [0.15, 0.2) is 30.3 Å². The van der Waals surface area contributed by atoms with Gasteiger partial charge in [0.1, 0.15) is 0 Å². The minimum atomic E-state index is -0.314. The molecule has 2 rings (SSSR count). The van der Waals surface area contributed by atoms with Crippen molar-refractivity contribution in [3.63, 3.8) is 0 Å². The summed E-state index contributed by atoms with van der Waals surface area (Å²) >= 11 is 0. The molecule has 0 radical (unpaired) electrons. The number of carbonyl (C=O) groups is 1. The fourth-order valence-electron chi connectivity index (χ4n) is 3.15. The molecule has 0 aliphatic heterocycles. The number of carbonyl (C=O) groups excluding carboxylic acids is 1. The number of amides is 1. The van der Waals surface area contributed by atoms with E-state index in [-0.39, 0.29) is 11.3 Å². The van der Waals surface area contributed by atoms with Crippen LogP contribution in [0.3, 0.4) is 0 Å². The molecule has 1 unspecified atom stereocenters. The van der Waals surface area contributed by atoms with E-state index in [4.69, 9.17) is 0 Å². The Morgan fingerprint density at radius 2 is 1.81 bits per heavy atom. The number of benzene rings is 1. The highest BCUT2D eigenvalue weighted by atomic mass is 16.2. The van der Waals surface area contributed by atoms with Crippen LogP contribution >= 0.6 is 0 Å². The van der Waals surface area contributed by atoms with Crippen molar-refractivity contribution in [2.75, 3.05) is 20.6 Å². The van der Waals surface area contributed by atoms with Crippen molar-refractivity contribution in [1.29, 1.82) is 0 Å². The highest BCUT2D eigenvalue weighted by Crippen LogP contribution is 2.39. The molecule has 0 aromatic heterocycles. The molecule has 1 aliphatic carbocycles. The number of nitrogens with one attached hydrogen (secondary N) is 1. The average molecular weight is 288 g/mol. The van der Waals surface area contributed by atoms with E-state index in [0.29, 0.717) is 12.6 Å². The Morgan fingerprint density at radius 1 is 1.19 bits per heavy atom. The van der Waals surface area contributed by atoms with Crippen LogP contribution < -0.4 is 5.32 Å². The van der Waals surface area contributed by atoms with Gasteiger partial charge in [-0.2, -0.15) is 0 Å². The molecule has 1 fully saturated rings. The van der Waals surface area contributed by atoms with E-state index in [1.54, 1.807) is 0 Å². The molecule has 3 heteroatoms. The minimum Gasteiger partial charge on any atom is -0.354 e. The molecule has 116 valence electrons. The van der Waals surface area contributed by atoms with Gasteiger partial charge in [-0.25, -0.2) is 0 Å². The zero-order valence-electron chi connectivity index (χ0n) is 13.6. The van der Waals surface area contributed by atoms with Gasteiger partial charge in [0.25, 0.3) is 0 Å². The Balaban J connectivity index is 2.14. The molecule has 1 aromatic rings. The molecule has 1 atom stereocenters. The maximum Gasteiger partial charge on any atom is 0.230 e. The second-order valence-corrected chi connectivity index (χ2v) is 6.53. The van der Waals surface area contributed by atoms with Crippen molar-refractivity contribution in [2.24, 2.45) is 0 Å². The molecule has 21 heavy (non-hydrogen) atoms. The smallest absolute Gasteiger partial charge is 0.230 e. The van der Waals surface area contributed by atoms with Gasteiger partial charge in [-0.15, -0.1) is 0 Å². The second kappa shape index (κ2) is 7.08. The van der Waals surface area contributed by atoms with E-state index >= 15 is 0 Å². The standard InChI is InChI=1S/C18H28N2O/c1-15(20(2)3)14-19-17(21)18(12-8-5-9-13-18)16-10-6-4-7-11-16/h4,6-7,10-11,15H,5,8-9,12-14H2,1-3H3,(H,19,21). The Morgan fingerprint density at radius 3 is 2.38 bits per heavy atom. The summed E-state index contributed by atoms with van der Waals surface area (Å²) < 4.78 is 0. The third-order valence-electron chi connectivity index (χ3n) is 4.91. The van der Waals surface area contributed by atoms with Crippen LogP contribution in [0.25, 0.3) is 0 Å². The van der Waals surface area contributed by atoms with E-state index < -0.39 is 0 Å². The quantitative estimate of drug-likeness (QED) is 0.903. The van der Waals surface area contributed by atoms with E-state index in [9.17, 15) is 4.79 Å². The Labute approximate surface area is 128 Å². The molecule has 0 spiro atoms. The van der Waals surface area contributed by atoms with Crippen LogP contribution in [0, 0.1) is 0 Å². The molecule has 1 aromatic carbocycles. The minimum absolute atomic E-state index is 0.210. The highest BCUT2D eigenvalue weighted by molar-refractivity contribution is 5.88. The molecule has 0 saturated heterocycles. The molecule has 1 N–H and O–H groups in total. The maximum absolute atomic E-state index is 12.9. The van der Waals surface area contributed by atoms with Crippen LogP contribution in [0.5, 0.6) is 0 Å². The molecule has 1 amide bonds. The van der Waals surface area contributed by atoms with Crippen molar-refractivity contribution >= 4 is 5.91 Å². The third kappa shape index (κ3) is 3.65. The lowest BCUT2D eigenvalue weighted by Gasteiger charge is -2.37. The maximum atomic E-state index is 12.9. The van der Waals surface area contributed by atoms with Crippen LogP contribution in [-0.2, 0) is 10.2 Å². The number of nitrogens with zero attached hydrogens (tertiary/aromatic N) is 1. The molecule has 1 aliphatic rings. The molecular formula is C18H28N2O. The molecule has 1 saturated carbocycles. The SMILES string of the molecule is CC(CNC(=O)C1(c2ccccc2)CCCCC1)N(C)C. The summed E-state index contributed by atoms with van der Waals surface area (Å²) in [5.41, 5.74) is 0.866. The first kappa shape index (κ1) is 16.0. The first-order valence-electron chi connectivity index (χ1n) is 8.06. The summed E-state index contributed by atoms with van der Waals surface area (Å²) in [5.74, 6) is 0.210. The van der Waals surface area contributed by atoms with Crippen molar-refractivity contribution < 1.29 is 4.79 Å². The van der Waals surface area contributed by atoms with Crippen LogP contribution in [0.2, 0.25) is 0 Å². The first-order valence-corrected chi connectivity index (χ1v) is 8.06. The molecule has 3 nitrogen and oxygen atoms in total. The first-order chi connectivity index (χ1) is 10.1. The predicted molar refractivity (Wildman–Crippen MR) is 87.4 cm³/mol. The van der Waals surface area contributed by atoms with Crippen LogP contribution in [-0.4, -0.2) is 37.5 Å². The van der Waals surface area contributed by atoms with Crippen molar-refractivity contribution in [1.82, 2.24) is 10.2 Å². The largest absolute Gasteiger partial charge is 0.354 e. The normalized spacial score (nSPS) is 19.2. The van der Waals surface area contributed by atoms with E-state index in [2.05, 4.69) is 29.3 Å². The lowest BCUT2D eigenvalue weighted by Crippen LogP contribution is -2.49. The zero-order chi connectivity index (χ0) is 15.3. The number of likely N-dealkylation sites (N-methyl/N-ethyl adjacent to an activating group) is 1. The summed E-state index contributed by atoms with van der Waals surface area (Å²) in [6, 6.07) is 10.7. The Kier molecular flexibility index (Phi) is 5.40. The summed E-state index contributed by atoms with van der Waals surface area (Å²) in [6.45, 7) is 2.84. The van der Waals surface area contributed by atoms with Gasteiger partial charge in [-0.1, -0.05) is 49.6 Å². The second-order valence-electron chi connectivity index (χ2n) is 6.53. The zero-order valence-corrected chi connectivity index (χ0v) is 13.6. The monoisotopic (exact) mass is 288 g/mol. The number of hydrogen-bond acceptors (Lipinski definition) is 2. The van der Waals surface area contributed by atoms with Gasteiger partial charge in [0.05, 0.1) is 5.41 Å². The average Bonchev–Trinajstić information content (AvgIpc) is 2.53. The van der Waals surface area contributed by atoms with Gasteiger partial charge in [0, 0.05) is 12.6 Å². The van der Waals surface area contributed by atoms with Gasteiger partial charge >= 0.3 is 0 Å². The van der Waals surface area contributed by atoms with E-state index in [1.165, 1.54) is 12.0 Å². The van der Waals surface area contributed by atoms with Crippen molar-refractivity contribution in [2.45, 2.75) is 50.5 Å². The summed E-state index contributed by atoms with van der Waals surface area (Å²) in [4.78, 5) is 15.1. The van der Waals surface area contributed by atoms with Gasteiger partial charge in [-0.3, -0.25) is 4.79 Å². The predicted octanol–water partition coefficient (Wildman–Crippen LogP) is 2.95. The number of hydrogen-bond donors (Lipinski definition) is 1. The Hall–Kier alpha value is -1.35. The lowest BCUT2D eigenvalue weighted by atomic mass is 9.68.